The van der Waals surface area contributed by atoms with Crippen molar-refractivity contribution in [1.29, 1.82) is 0 Å². The van der Waals surface area contributed by atoms with E-state index in [1.807, 2.05) is 0 Å². The van der Waals surface area contributed by atoms with E-state index in [0.29, 0.717) is 0 Å². The Kier molecular flexibility index (Phi) is 7.58. The van der Waals surface area contributed by atoms with Crippen LogP contribution in [-0.4, -0.2) is 9.52 Å². The Morgan fingerprint density at radius 1 is 0.721 bits per heavy atom. The van der Waals surface area contributed by atoms with E-state index in [0.717, 1.165) is 6.42 Å². The fraction of sp³-hybridized carbons (Fsp3) is 0.179. The van der Waals surface area contributed by atoms with Crippen LogP contribution in [-0.2, 0) is 29.7 Å². The van der Waals surface area contributed by atoms with Crippen LogP contribution in [0.4, 0.5) is 0 Å². The van der Waals surface area contributed by atoms with Gasteiger partial charge in [-0.05, 0) is 0 Å². The van der Waals surface area contributed by atoms with Crippen LogP contribution in [0.1, 0.15) is 59.1 Å². The molecule has 2 aliphatic rings. The topological polar surface area (TPSA) is 0 Å². The predicted octanol–water partition coefficient (Wildman–Crippen LogP) is 8.70. The van der Waals surface area contributed by atoms with Crippen LogP contribution in [0.2, 0.25) is 0 Å². The normalized spacial score (nSPS) is 16.1. The first kappa shape index (κ1) is 29.2. The molecule has 214 valence electrons. The van der Waals surface area contributed by atoms with Gasteiger partial charge in [-0.2, -0.15) is 0 Å². The molecule has 43 heavy (non-hydrogen) atoms. The van der Waals surface area contributed by atoms with E-state index in [1.54, 1.807) is 0 Å². The van der Waals surface area contributed by atoms with Gasteiger partial charge in [0.1, 0.15) is 0 Å². The summed E-state index contributed by atoms with van der Waals surface area (Å²) in [6.07, 6.45) is 3.43. The van der Waals surface area contributed by atoms with Crippen LogP contribution in [0, 0.1) is 0 Å². The maximum atomic E-state index is 8.01. The summed E-state index contributed by atoms with van der Waals surface area (Å²) in [5.41, 5.74) is 13.2. The van der Waals surface area contributed by atoms with Gasteiger partial charge in [0.15, 0.2) is 0 Å². The molecule has 4 heteroatoms. The average Bonchev–Trinajstić information content (AvgIpc) is 3.60. The minimum atomic E-state index is -4.15. The summed E-state index contributed by atoms with van der Waals surface area (Å²) in [4.78, 5) is 0. The van der Waals surface area contributed by atoms with E-state index in [4.69, 9.17) is 17.0 Å². The molecule has 0 saturated carbocycles. The summed E-state index contributed by atoms with van der Waals surface area (Å²) in [6, 6.07) is 40.1. The van der Waals surface area contributed by atoms with Gasteiger partial charge in [-0.15, -0.1) is 0 Å². The van der Waals surface area contributed by atoms with Crippen molar-refractivity contribution in [1.82, 2.24) is 0 Å². The summed E-state index contributed by atoms with van der Waals surface area (Å²) in [7, 11) is 15.4. The molecule has 1 heterocycles. The Hall–Kier alpha value is -2.48. The second kappa shape index (κ2) is 11.1. The van der Waals surface area contributed by atoms with Gasteiger partial charge in [-0.3, -0.25) is 0 Å². The molecule has 0 radical (unpaired) electrons. The maximum absolute atomic E-state index is 8.01. The van der Waals surface area contributed by atoms with Gasteiger partial charge in [-0.25, -0.2) is 0 Å². The van der Waals surface area contributed by atoms with Crippen LogP contribution in [0.5, 0.6) is 0 Å². The van der Waals surface area contributed by atoms with E-state index >= 15 is 0 Å². The summed E-state index contributed by atoms with van der Waals surface area (Å²) in [5.74, 6) is 0. The van der Waals surface area contributed by atoms with Crippen LogP contribution >= 0.6 is 17.0 Å². The second-order valence-electron chi connectivity index (χ2n) is 12.9. The molecular formula is C39H36Cl2SiZr. The van der Waals surface area contributed by atoms with Crippen molar-refractivity contribution >= 4 is 51.8 Å². The molecule has 7 rings (SSSR count). The van der Waals surface area contributed by atoms with E-state index in [2.05, 4.69) is 143 Å². The number of halogens is 2. The van der Waals surface area contributed by atoms with Gasteiger partial charge in [0, 0.05) is 0 Å². The van der Waals surface area contributed by atoms with Gasteiger partial charge in [-0.1, -0.05) is 0 Å². The number of rotatable bonds is 5. The van der Waals surface area contributed by atoms with Crippen LogP contribution < -0.4 is 13.6 Å². The first-order valence-electron chi connectivity index (χ1n) is 15.3. The summed E-state index contributed by atoms with van der Waals surface area (Å²) in [5, 5.41) is 2.97. The fourth-order valence-electron chi connectivity index (χ4n) is 7.33. The molecule has 0 fully saturated rings. The third kappa shape index (κ3) is 4.90. The van der Waals surface area contributed by atoms with Gasteiger partial charge in [0.25, 0.3) is 0 Å². The number of hydrogen-bond donors (Lipinski definition) is 0. The van der Waals surface area contributed by atoms with Crippen molar-refractivity contribution in [2.75, 3.05) is 0 Å². The Morgan fingerprint density at radius 3 is 2.14 bits per heavy atom. The van der Waals surface area contributed by atoms with Crippen molar-refractivity contribution in [2.45, 2.75) is 43.2 Å². The fourth-order valence-corrected chi connectivity index (χ4v) is 23.8. The minimum absolute atomic E-state index is 0.0131. The van der Waals surface area contributed by atoms with E-state index < -0.39 is 27.4 Å². The molecule has 5 aromatic carbocycles. The van der Waals surface area contributed by atoms with E-state index in [9.17, 15) is 0 Å². The number of hydrogen-bond acceptors (Lipinski definition) is 0. The van der Waals surface area contributed by atoms with Crippen LogP contribution in [0.15, 0.2) is 109 Å². The van der Waals surface area contributed by atoms with Crippen LogP contribution in [0.3, 0.4) is 0 Å². The van der Waals surface area contributed by atoms with Crippen molar-refractivity contribution in [2.24, 2.45) is 0 Å². The quantitative estimate of drug-likeness (QED) is 0.159. The average molecular weight is 695 g/mol. The SMILES string of the molecule is CCc1ccccc1-c1c(C(C)(C)C)ccc2c1C=C(c1ccccc1)[CH]2[Zr]([Cl])([Cl])[c]1cccc2c1[SiH2]c1ccccc1-2. The van der Waals surface area contributed by atoms with Gasteiger partial charge in [0.05, 0.1) is 0 Å². The van der Waals surface area contributed by atoms with Crippen LogP contribution in [0.25, 0.3) is 33.9 Å². The van der Waals surface area contributed by atoms with Gasteiger partial charge in [0.2, 0.25) is 0 Å². The molecule has 0 spiro atoms. The summed E-state index contributed by atoms with van der Waals surface area (Å²) >= 11 is -4.15. The molecule has 1 atom stereocenters. The van der Waals surface area contributed by atoms with Crippen molar-refractivity contribution in [3.8, 4) is 22.3 Å². The number of fused-ring (bicyclic) bond motifs is 4. The number of aryl methyl sites for hydroxylation is 1. The Morgan fingerprint density at radius 2 is 1.40 bits per heavy atom. The monoisotopic (exact) mass is 692 g/mol. The third-order valence-electron chi connectivity index (χ3n) is 9.36. The molecule has 0 amide bonds. The van der Waals surface area contributed by atoms with E-state index in [-0.39, 0.29) is 9.04 Å². The Balaban J connectivity index is 1.50. The second-order valence-corrected chi connectivity index (χ2v) is 28.8. The molecule has 0 nitrogen and oxygen atoms in total. The standard InChI is InChI=1S/C27H27.C12H9Si.2ClH.Zr/c1-5-19-11-9-10-14-23(19)26-24-18-22(20-12-7-6-8-13-20)17-21(24)15-16-25(26)27(2,3)4;1-3-7-11-9(5-1)10-6-2-4-8-12(10)13-11;;;/h6-18H,5H2,1-4H3;1-7H,13H2;2*1H;/q;;;;+2/p-2. The first-order chi connectivity index (χ1) is 20.7. The molecule has 0 saturated heterocycles. The molecule has 0 aromatic heterocycles. The number of benzene rings is 5. The zero-order valence-electron chi connectivity index (χ0n) is 25.2. The van der Waals surface area contributed by atoms with Crippen molar-refractivity contribution < 1.29 is 17.9 Å². The van der Waals surface area contributed by atoms with Crippen molar-refractivity contribution in [3.05, 3.63) is 137 Å². The van der Waals surface area contributed by atoms with Gasteiger partial charge < -0.3 is 0 Å². The van der Waals surface area contributed by atoms with Crippen molar-refractivity contribution in [3.63, 3.8) is 0 Å². The Bertz CT molecular complexity index is 1900. The zero-order chi connectivity index (χ0) is 29.9. The molecule has 1 unspecified atom stereocenters. The molecular weight excluding hydrogens is 659 g/mol. The molecule has 5 aromatic rings. The third-order valence-corrected chi connectivity index (χ3v) is 23.6. The molecule has 1 aliphatic heterocycles. The summed E-state index contributed by atoms with van der Waals surface area (Å²) < 4.78 is 1.26. The number of allylic oxidation sites excluding steroid dienone is 1. The summed E-state index contributed by atoms with van der Waals surface area (Å²) in [6.45, 7) is 9.22. The molecule has 0 N–H and O–H groups in total. The Labute approximate surface area is 270 Å². The predicted molar refractivity (Wildman–Crippen MR) is 188 cm³/mol. The zero-order valence-corrected chi connectivity index (χ0v) is 30.6. The first-order valence-corrected chi connectivity index (χ1v) is 25.7. The molecule has 1 aliphatic carbocycles. The van der Waals surface area contributed by atoms with Gasteiger partial charge >= 0.3 is 272 Å². The molecule has 0 bridgehead atoms. The van der Waals surface area contributed by atoms with E-state index in [1.165, 1.54) is 69.3 Å².